The second-order valence-electron chi connectivity index (χ2n) is 7.49. The van der Waals surface area contributed by atoms with Crippen molar-refractivity contribution in [3.63, 3.8) is 0 Å². The number of aromatic nitrogens is 1. The van der Waals surface area contributed by atoms with Crippen molar-refractivity contribution in [3.8, 4) is 0 Å². The Bertz CT molecular complexity index is 742. The van der Waals surface area contributed by atoms with E-state index in [1.54, 1.807) is 11.9 Å². The number of rotatable bonds is 3. The van der Waals surface area contributed by atoms with Crippen LogP contribution in [0.4, 0.5) is 10.5 Å². The maximum absolute atomic E-state index is 12.3. The minimum atomic E-state index is -0.557. The molecule has 2 heterocycles. The van der Waals surface area contributed by atoms with Gasteiger partial charge in [0.05, 0.1) is 11.3 Å². The molecule has 3 N–H and O–H groups in total. The van der Waals surface area contributed by atoms with Gasteiger partial charge in [-0.15, -0.1) is 0 Å². The molecule has 1 aromatic rings. The second kappa shape index (κ2) is 9.09. The monoisotopic (exact) mass is 411 g/mol. The third-order valence-corrected chi connectivity index (χ3v) is 4.41. The first-order chi connectivity index (χ1) is 13.1. The number of likely N-dealkylation sites (tertiary alicyclic amines) is 1. The van der Waals surface area contributed by atoms with E-state index in [0.717, 1.165) is 0 Å². The van der Waals surface area contributed by atoms with Gasteiger partial charge >= 0.3 is 6.09 Å². The molecule has 0 unspecified atom stereocenters. The Kier molecular flexibility index (Phi) is 7.06. The summed E-state index contributed by atoms with van der Waals surface area (Å²) in [5.41, 5.74) is 5.02. The molecule has 10 heteroatoms. The Balaban J connectivity index is 1.83. The Labute approximate surface area is 169 Å². The van der Waals surface area contributed by atoms with Crippen LogP contribution in [0.2, 0.25) is 5.15 Å². The minimum Gasteiger partial charge on any atom is -0.444 e. The maximum Gasteiger partial charge on any atom is 0.410 e. The molecule has 0 radical (unpaired) electrons. The molecule has 3 amide bonds. The first kappa shape index (κ1) is 21.7. The highest BCUT2D eigenvalue weighted by Crippen LogP contribution is 2.20. The molecule has 28 heavy (non-hydrogen) atoms. The molecule has 0 saturated carbocycles. The summed E-state index contributed by atoms with van der Waals surface area (Å²) in [6.45, 7) is 6.27. The Morgan fingerprint density at radius 3 is 2.43 bits per heavy atom. The van der Waals surface area contributed by atoms with E-state index < -0.39 is 11.5 Å². The number of pyridine rings is 1. The summed E-state index contributed by atoms with van der Waals surface area (Å²) >= 11 is 5.81. The highest BCUT2D eigenvalue weighted by Gasteiger charge is 2.30. The zero-order chi connectivity index (χ0) is 20.9. The van der Waals surface area contributed by atoms with Crippen LogP contribution >= 0.6 is 11.6 Å². The van der Waals surface area contributed by atoms with Crippen LogP contribution in [0, 0.1) is 5.92 Å². The van der Waals surface area contributed by atoms with Gasteiger partial charge in [0.1, 0.15) is 10.8 Å². The van der Waals surface area contributed by atoms with E-state index in [4.69, 9.17) is 16.3 Å². The van der Waals surface area contributed by atoms with Crippen molar-refractivity contribution in [2.75, 3.05) is 25.5 Å². The number of carbonyl (C=O) groups excluding carboxylic acids is 3. The van der Waals surface area contributed by atoms with Crippen molar-refractivity contribution in [2.24, 2.45) is 5.92 Å². The third kappa shape index (κ3) is 5.98. The lowest BCUT2D eigenvalue weighted by Crippen LogP contribution is -2.48. The van der Waals surface area contributed by atoms with Crippen LogP contribution in [0.15, 0.2) is 12.3 Å². The van der Waals surface area contributed by atoms with Crippen molar-refractivity contribution in [2.45, 2.75) is 39.2 Å². The summed E-state index contributed by atoms with van der Waals surface area (Å²) in [7, 11) is 1.65. The Morgan fingerprint density at radius 2 is 1.86 bits per heavy atom. The van der Waals surface area contributed by atoms with E-state index in [-0.39, 0.29) is 28.6 Å². The van der Waals surface area contributed by atoms with E-state index in [1.165, 1.54) is 12.3 Å². The van der Waals surface area contributed by atoms with E-state index in [0.29, 0.717) is 31.6 Å². The molecule has 0 aliphatic carbocycles. The normalized spacial score (nSPS) is 15.0. The summed E-state index contributed by atoms with van der Waals surface area (Å²) in [6, 6.07) is 1.52. The second-order valence-corrected chi connectivity index (χ2v) is 7.87. The topological polar surface area (TPSA) is 113 Å². The van der Waals surface area contributed by atoms with E-state index >= 15 is 0 Å². The molecular formula is C18H26ClN5O4. The van der Waals surface area contributed by atoms with Crippen LogP contribution in [-0.4, -0.2) is 53.5 Å². The Hall–Kier alpha value is -2.55. The van der Waals surface area contributed by atoms with Crippen molar-refractivity contribution in [1.29, 1.82) is 0 Å². The summed E-state index contributed by atoms with van der Waals surface area (Å²) in [6.07, 6.45) is 1.93. The highest BCUT2D eigenvalue weighted by atomic mass is 35.5. The number of hydrogen-bond acceptors (Lipinski definition) is 6. The highest BCUT2D eigenvalue weighted by molar-refractivity contribution is 6.29. The maximum atomic E-state index is 12.3. The summed E-state index contributed by atoms with van der Waals surface area (Å²) < 4.78 is 5.34. The van der Waals surface area contributed by atoms with Crippen molar-refractivity contribution in [1.82, 2.24) is 20.7 Å². The lowest BCUT2D eigenvalue weighted by molar-refractivity contribution is -0.127. The van der Waals surface area contributed by atoms with E-state index in [2.05, 4.69) is 21.2 Å². The number of piperidine rings is 1. The van der Waals surface area contributed by atoms with Crippen LogP contribution < -0.4 is 16.2 Å². The van der Waals surface area contributed by atoms with Gasteiger partial charge < -0.3 is 15.0 Å². The third-order valence-electron chi connectivity index (χ3n) is 4.20. The predicted molar refractivity (Wildman–Crippen MR) is 105 cm³/mol. The lowest BCUT2D eigenvalue weighted by atomic mass is 9.96. The quantitative estimate of drug-likeness (QED) is 0.519. The van der Waals surface area contributed by atoms with Crippen molar-refractivity contribution in [3.05, 3.63) is 23.0 Å². The number of hydrazine groups is 1. The standard InChI is InChI=1S/C18H26ClN5O4/c1-18(2,3)28-17(27)24-7-5-11(6-8-24)15(25)22-23-16(26)12-10-21-14(19)9-13(12)20-4/h9-11H,5-8H2,1-4H3,(H,20,21)(H,22,25)(H,23,26). The number of carbonyl (C=O) groups is 3. The molecule has 0 atom stereocenters. The van der Waals surface area contributed by atoms with Gasteiger partial charge in [-0.3, -0.25) is 20.4 Å². The average Bonchev–Trinajstić information content (AvgIpc) is 2.64. The number of ether oxygens (including phenoxy) is 1. The number of nitrogens with one attached hydrogen (secondary N) is 3. The molecule has 2 rings (SSSR count). The summed E-state index contributed by atoms with van der Waals surface area (Å²) in [5.74, 6) is -1.11. The Morgan fingerprint density at radius 1 is 1.21 bits per heavy atom. The number of amides is 3. The smallest absolute Gasteiger partial charge is 0.410 e. The SMILES string of the molecule is CNc1cc(Cl)ncc1C(=O)NNC(=O)C1CCN(C(=O)OC(C)(C)C)CC1. The molecular weight excluding hydrogens is 386 g/mol. The van der Waals surface area contributed by atoms with Crippen LogP contribution in [0.1, 0.15) is 44.0 Å². The molecule has 1 aliphatic heterocycles. The van der Waals surface area contributed by atoms with Crippen LogP contribution in [0.25, 0.3) is 0 Å². The van der Waals surface area contributed by atoms with Crippen molar-refractivity contribution >= 4 is 35.2 Å². The molecule has 0 bridgehead atoms. The number of hydrogen-bond donors (Lipinski definition) is 3. The number of nitrogens with zero attached hydrogens (tertiary/aromatic N) is 2. The first-order valence-electron chi connectivity index (χ1n) is 9.02. The molecule has 0 aromatic carbocycles. The van der Waals surface area contributed by atoms with E-state index in [1.807, 2.05) is 20.8 Å². The fraction of sp³-hybridized carbons (Fsp3) is 0.556. The molecule has 1 aliphatic rings. The molecule has 1 saturated heterocycles. The van der Waals surface area contributed by atoms with Crippen LogP contribution in [0.5, 0.6) is 0 Å². The molecule has 9 nitrogen and oxygen atoms in total. The van der Waals surface area contributed by atoms with Gasteiger partial charge in [0.2, 0.25) is 5.91 Å². The zero-order valence-corrected chi connectivity index (χ0v) is 17.2. The minimum absolute atomic E-state index is 0.252. The van der Waals surface area contributed by atoms with Gasteiger partial charge in [-0.1, -0.05) is 11.6 Å². The van der Waals surface area contributed by atoms with Crippen LogP contribution in [0.3, 0.4) is 0 Å². The summed E-state index contributed by atoms with van der Waals surface area (Å²) in [4.78, 5) is 42.2. The number of anilines is 1. The van der Waals surface area contributed by atoms with Gasteiger partial charge in [-0.25, -0.2) is 9.78 Å². The largest absolute Gasteiger partial charge is 0.444 e. The summed E-state index contributed by atoms with van der Waals surface area (Å²) in [5, 5.41) is 3.10. The average molecular weight is 412 g/mol. The fourth-order valence-corrected chi connectivity index (χ4v) is 2.91. The van der Waals surface area contributed by atoms with Gasteiger partial charge in [0, 0.05) is 32.3 Å². The van der Waals surface area contributed by atoms with E-state index in [9.17, 15) is 14.4 Å². The molecule has 154 valence electrons. The predicted octanol–water partition coefficient (Wildman–Crippen LogP) is 2.18. The van der Waals surface area contributed by atoms with Crippen LogP contribution in [-0.2, 0) is 9.53 Å². The van der Waals surface area contributed by atoms with Gasteiger partial charge in [-0.05, 0) is 39.7 Å². The van der Waals surface area contributed by atoms with Gasteiger partial charge in [0.25, 0.3) is 5.91 Å². The zero-order valence-electron chi connectivity index (χ0n) is 16.5. The lowest BCUT2D eigenvalue weighted by Gasteiger charge is -2.32. The first-order valence-corrected chi connectivity index (χ1v) is 9.40. The fourth-order valence-electron chi connectivity index (χ4n) is 2.76. The van der Waals surface area contributed by atoms with Crippen molar-refractivity contribution < 1.29 is 19.1 Å². The van der Waals surface area contributed by atoms with Gasteiger partial charge in [0.15, 0.2) is 0 Å². The number of halogens is 1. The molecule has 0 spiro atoms. The molecule has 1 fully saturated rings. The van der Waals surface area contributed by atoms with Gasteiger partial charge in [-0.2, -0.15) is 0 Å². The molecule has 1 aromatic heterocycles.